The van der Waals surface area contributed by atoms with Crippen LogP contribution in [0.5, 0.6) is 0 Å². The number of carbonyl (C=O) groups is 1. The number of rotatable bonds is 3. The maximum Gasteiger partial charge on any atom is 0.254 e. The highest BCUT2D eigenvalue weighted by atomic mass is 32.1. The molecule has 6 heteroatoms. The molecule has 0 radical (unpaired) electrons. The Balaban J connectivity index is 1.71. The lowest BCUT2D eigenvalue weighted by Gasteiger charge is -2.32. The number of nitrogens with two attached hydrogens (primary N) is 1. The summed E-state index contributed by atoms with van der Waals surface area (Å²) in [6.45, 7) is 2.18. The molecule has 0 aliphatic carbocycles. The van der Waals surface area contributed by atoms with E-state index in [9.17, 15) is 4.79 Å². The molecule has 0 saturated carbocycles. The van der Waals surface area contributed by atoms with Crippen LogP contribution in [0.1, 0.15) is 27.0 Å². The fourth-order valence-corrected chi connectivity index (χ4v) is 3.02. The van der Waals surface area contributed by atoms with E-state index < -0.39 is 0 Å². The molecule has 2 aromatic rings. The topological polar surface area (TPSA) is 68.5 Å². The Morgan fingerprint density at radius 2 is 2.24 bits per heavy atom. The predicted molar refractivity (Wildman–Crippen MR) is 81.0 cm³/mol. The van der Waals surface area contributed by atoms with Crippen molar-refractivity contribution in [3.63, 3.8) is 0 Å². The van der Waals surface area contributed by atoms with Gasteiger partial charge in [0.15, 0.2) is 0 Å². The number of carbonyl (C=O) groups excluding carboxylic acids is 1. The number of ether oxygens (including phenoxy) is 1. The average Bonchev–Trinajstić information content (AvgIpc) is 3.09. The summed E-state index contributed by atoms with van der Waals surface area (Å²) in [4.78, 5) is 18.6. The monoisotopic (exact) mass is 303 g/mol. The highest BCUT2D eigenvalue weighted by Gasteiger charge is 2.27. The second-order valence-electron chi connectivity index (χ2n) is 4.88. The van der Waals surface area contributed by atoms with Crippen LogP contribution in [0.2, 0.25) is 0 Å². The zero-order valence-electron chi connectivity index (χ0n) is 11.6. The minimum absolute atomic E-state index is 0.0310. The lowest BCUT2D eigenvalue weighted by Crippen LogP contribution is -2.42. The second-order valence-corrected chi connectivity index (χ2v) is 5.81. The molecule has 110 valence electrons. The van der Waals surface area contributed by atoms with Crippen molar-refractivity contribution in [3.05, 3.63) is 52.0 Å². The van der Waals surface area contributed by atoms with E-state index >= 15 is 0 Å². The molecule has 1 atom stereocenters. The molecule has 0 spiro atoms. The number of nitrogens with zero attached hydrogens (tertiary/aromatic N) is 2. The third kappa shape index (κ3) is 3.12. The molecule has 1 saturated heterocycles. The third-order valence-electron chi connectivity index (χ3n) is 3.52. The quantitative estimate of drug-likeness (QED) is 0.939. The van der Waals surface area contributed by atoms with E-state index in [1.165, 1.54) is 0 Å². The van der Waals surface area contributed by atoms with E-state index in [-0.39, 0.29) is 12.0 Å². The summed E-state index contributed by atoms with van der Waals surface area (Å²) in [6.07, 6.45) is 1.64. The van der Waals surface area contributed by atoms with Gasteiger partial charge in [-0.1, -0.05) is 12.1 Å². The highest BCUT2D eigenvalue weighted by Crippen LogP contribution is 2.24. The smallest absolute Gasteiger partial charge is 0.254 e. The third-order valence-corrected chi connectivity index (χ3v) is 4.38. The Morgan fingerprint density at radius 1 is 1.43 bits per heavy atom. The van der Waals surface area contributed by atoms with Crippen molar-refractivity contribution in [2.75, 3.05) is 19.7 Å². The van der Waals surface area contributed by atoms with E-state index in [1.54, 1.807) is 17.5 Å². The van der Waals surface area contributed by atoms with Crippen LogP contribution in [-0.4, -0.2) is 35.5 Å². The number of hydrogen-bond donors (Lipinski definition) is 1. The molecule has 0 bridgehead atoms. The van der Waals surface area contributed by atoms with Crippen LogP contribution in [0.15, 0.2) is 35.8 Å². The number of hydrogen-bond acceptors (Lipinski definition) is 5. The SMILES string of the molecule is NCc1ccc(C(=O)N2CCOC(c3nccs3)C2)cc1. The normalized spacial score (nSPS) is 18.7. The second kappa shape index (κ2) is 6.34. The number of thiazole rings is 1. The number of amides is 1. The van der Waals surface area contributed by atoms with E-state index in [4.69, 9.17) is 10.5 Å². The summed E-state index contributed by atoms with van der Waals surface area (Å²) in [5.74, 6) is 0.0310. The molecular weight excluding hydrogens is 286 g/mol. The zero-order valence-corrected chi connectivity index (χ0v) is 12.4. The van der Waals surface area contributed by atoms with Crippen LogP contribution in [-0.2, 0) is 11.3 Å². The Hall–Kier alpha value is -1.76. The van der Waals surface area contributed by atoms with E-state index in [0.717, 1.165) is 10.6 Å². The minimum atomic E-state index is -0.119. The molecule has 3 rings (SSSR count). The standard InChI is InChI=1S/C15H17N3O2S/c16-9-11-1-3-12(4-2-11)15(19)18-6-7-20-13(10-18)14-17-5-8-21-14/h1-5,8,13H,6-7,9-10,16H2. The lowest BCUT2D eigenvalue weighted by atomic mass is 10.1. The maximum absolute atomic E-state index is 12.5. The molecule has 1 unspecified atom stereocenters. The van der Waals surface area contributed by atoms with Crippen molar-refractivity contribution in [2.45, 2.75) is 12.6 Å². The van der Waals surface area contributed by atoms with Gasteiger partial charge in [0.05, 0.1) is 13.2 Å². The van der Waals surface area contributed by atoms with Gasteiger partial charge in [-0.2, -0.15) is 0 Å². The summed E-state index contributed by atoms with van der Waals surface area (Å²) in [5.41, 5.74) is 7.28. The van der Waals surface area contributed by atoms with Gasteiger partial charge in [-0.05, 0) is 17.7 Å². The average molecular weight is 303 g/mol. The van der Waals surface area contributed by atoms with Gasteiger partial charge in [-0.25, -0.2) is 4.98 Å². The molecule has 5 nitrogen and oxygen atoms in total. The molecule has 1 amide bonds. The largest absolute Gasteiger partial charge is 0.367 e. The van der Waals surface area contributed by atoms with Crippen LogP contribution in [0.4, 0.5) is 0 Å². The fraction of sp³-hybridized carbons (Fsp3) is 0.333. The van der Waals surface area contributed by atoms with Crippen molar-refractivity contribution < 1.29 is 9.53 Å². The van der Waals surface area contributed by atoms with Gasteiger partial charge >= 0.3 is 0 Å². The Kier molecular flexibility index (Phi) is 4.28. The molecule has 1 aliphatic rings. The zero-order chi connectivity index (χ0) is 14.7. The summed E-state index contributed by atoms with van der Waals surface area (Å²) < 4.78 is 5.71. The fourth-order valence-electron chi connectivity index (χ4n) is 2.34. The molecule has 1 fully saturated rings. The molecule has 1 aromatic heterocycles. The van der Waals surface area contributed by atoms with Crippen LogP contribution in [0, 0.1) is 0 Å². The predicted octanol–water partition coefficient (Wildman–Crippen LogP) is 1.82. The summed E-state index contributed by atoms with van der Waals surface area (Å²) in [5, 5.41) is 2.84. The van der Waals surface area contributed by atoms with E-state index in [2.05, 4.69) is 4.98 Å². The molecule has 21 heavy (non-hydrogen) atoms. The molecule has 1 aliphatic heterocycles. The van der Waals surface area contributed by atoms with Gasteiger partial charge in [-0.15, -0.1) is 11.3 Å². The van der Waals surface area contributed by atoms with Crippen molar-refractivity contribution in [2.24, 2.45) is 5.73 Å². The number of morpholine rings is 1. The van der Waals surface area contributed by atoms with E-state index in [0.29, 0.717) is 31.8 Å². The first-order valence-electron chi connectivity index (χ1n) is 6.87. The van der Waals surface area contributed by atoms with Gasteiger partial charge in [-0.3, -0.25) is 4.79 Å². The van der Waals surface area contributed by atoms with Gasteiger partial charge < -0.3 is 15.4 Å². The Labute approximate surface area is 127 Å². The first kappa shape index (κ1) is 14.2. The Bertz CT molecular complexity index is 598. The van der Waals surface area contributed by atoms with Crippen molar-refractivity contribution in [3.8, 4) is 0 Å². The first-order chi connectivity index (χ1) is 10.3. The van der Waals surface area contributed by atoms with E-state index in [1.807, 2.05) is 34.5 Å². The maximum atomic E-state index is 12.5. The Morgan fingerprint density at radius 3 is 2.90 bits per heavy atom. The van der Waals surface area contributed by atoms with Gasteiger partial charge in [0, 0.05) is 30.2 Å². The van der Waals surface area contributed by atoms with Crippen LogP contribution >= 0.6 is 11.3 Å². The van der Waals surface area contributed by atoms with Gasteiger partial charge in [0.1, 0.15) is 11.1 Å². The number of benzene rings is 1. The first-order valence-corrected chi connectivity index (χ1v) is 7.75. The molecule has 1 aromatic carbocycles. The summed E-state index contributed by atoms with van der Waals surface area (Å²) in [6, 6.07) is 7.45. The van der Waals surface area contributed by atoms with Gasteiger partial charge in [0.25, 0.3) is 5.91 Å². The molecule has 2 N–H and O–H groups in total. The van der Waals surface area contributed by atoms with Crippen molar-refractivity contribution >= 4 is 17.2 Å². The van der Waals surface area contributed by atoms with Crippen molar-refractivity contribution in [1.82, 2.24) is 9.88 Å². The molecular formula is C15H17N3O2S. The van der Waals surface area contributed by atoms with Crippen LogP contribution < -0.4 is 5.73 Å². The number of aromatic nitrogens is 1. The lowest BCUT2D eigenvalue weighted by molar-refractivity contribution is -0.0229. The van der Waals surface area contributed by atoms with Crippen molar-refractivity contribution in [1.29, 1.82) is 0 Å². The minimum Gasteiger partial charge on any atom is -0.367 e. The summed E-state index contributed by atoms with van der Waals surface area (Å²) in [7, 11) is 0. The van der Waals surface area contributed by atoms with Crippen LogP contribution in [0.3, 0.4) is 0 Å². The van der Waals surface area contributed by atoms with Crippen LogP contribution in [0.25, 0.3) is 0 Å². The highest BCUT2D eigenvalue weighted by molar-refractivity contribution is 7.09. The molecule has 2 heterocycles. The van der Waals surface area contributed by atoms with Gasteiger partial charge in [0.2, 0.25) is 0 Å². The summed E-state index contributed by atoms with van der Waals surface area (Å²) >= 11 is 1.56.